The van der Waals surface area contributed by atoms with Gasteiger partial charge < -0.3 is 59.2 Å². The van der Waals surface area contributed by atoms with Gasteiger partial charge in [0.1, 0.15) is 0 Å². The van der Waals surface area contributed by atoms with Crippen molar-refractivity contribution in [1.82, 2.24) is 0 Å². The van der Waals surface area contributed by atoms with E-state index in [-0.39, 0.29) is 42.0 Å². The van der Waals surface area contributed by atoms with Gasteiger partial charge in [0.25, 0.3) is 0 Å². The Kier molecular flexibility index (Phi) is 22.2. The average molecular weight is 522 g/mol. The third kappa shape index (κ3) is 18.9. The van der Waals surface area contributed by atoms with E-state index >= 15 is 0 Å². The van der Waals surface area contributed by atoms with Crippen LogP contribution in [0, 0.1) is 0 Å². The second-order valence-electron chi connectivity index (χ2n) is 3.61. The van der Waals surface area contributed by atoms with Gasteiger partial charge in [-0.15, -0.1) is 0 Å². The Bertz CT molecular complexity index is 208. The molecule has 7 heteroatoms. The van der Waals surface area contributed by atoms with Crippen LogP contribution in [0.1, 0.15) is 53.4 Å². The van der Waals surface area contributed by atoms with Crippen LogP contribution in [0.3, 0.4) is 0 Å². The van der Waals surface area contributed by atoms with E-state index in [1.165, 1.54) is 0 Å². The van der Waals surface area contributed by atoms with Gasteiger partial charge in [-0.2, -0.15) is 0 Å². The second kappa shape index (κ2) is 17.0. The quantitative estimate of drug-likeness (QED) is 0.385. The van der Waals surface area contributed by atoms with E-state index in [1.807, 2.05) is 0 Å². The maximum atomic E-state index is 5.09. The summed E-state index contributed by atoms with van der Waals surface area (Å²) >= 11 is 18.4. The first-order chi connectivity index (χ1) is 8.40. The molecule has 0 aromatic rings. The monoisotopic (exact) mass is 521 g/mol. The summed E-state index contributed by atoms with van der Waals surface area (Å²) < 4.78 is 10.7. The van der Waals surface area contributed by atoms with E-state index in [1.54, 1.807) is 0 Å². The van der Waals surface area contributed by atoms with Gasteiger partial charge in [-0.05, 0) is 25.7 Å². The predicted octanol–water partition coefficient (Wildman–Crippen LogP) is 4.04. The molecule has 0 aliphatic heterocycles. The van der Waals surface area contributed by atoms with Crippen LogP contribution in [0.5, 0.6) is 0 Å². The van der Waals surface area contributed by atoms with Gasteiger partial charge >= 0.3 is 21.1 Å². The van der Waals surface area contributed by atoms with E-state index < -0.39 is 0 Å². The van der Waals surface area contributed by atoms with Crippen molar-refractivity contribution in [2.24, 2.45) is 0 Å². The van der Waals surface area contributed by atoms with E-state index in [0.717, 1.165) is 25.7 Å². The van der Waals surface area contributed by atoms with Crippen LogP contribution in [0.15, 0.2) is 0 Å². The summed E-state index contributed by atoms with van der Waals surface area (Å²) in [4.78, 5) is 0. The fourth-order valence-corrected chi connectivity index (χ4v) is 1.73. The molecule has 0 N–H and O–H groups in total. The van der Waals surface area contributed by atoms with Crippen LogP contribution >= 0.6 is 24.4 Å². The molecule has 0 bridgehead atoms. The SMILES string of the molecule is CCC(CC)OC(=S)[S-].CCC(CC)OC(=S)[S-].[Pt+2]. The van der Waals surface area contributed by atoms with Gasteiger partial charge in [0.05, 0.1) is 12.2 Å². The van der Waals surface area contributed by atoms with Gasteiger partial charge in [0.15, 0.2) is 0 Å². The van der Waals surface area contributed by atoms with Crippen LogP contribution in [-0.4, -0.2) is 21.0 Å². The van der Waals surface area contributed by atoms with Crippen molar-refractivity contribution in [3.05, 3.63) is 0 Å². The van der Waals surface area contributed by atoms with Crippen LogP contribution in [0.25, 0.3) is 0 Å². The van der Waals surface area contributed by atoms with Crippen LogP contribution in [0.2, 0.25) is 0 Å². The van der Waals surface area contributed by atoms with Gasteiger partial charge in [-0.3, -0.25) is 0 Å². The minimum absolute atomic E-state index is 0. The third-order valence-corrected chi connectivity index (χ3v) is 2.73. The molecule has 0 spiro atoms. The van der Waals surface area contributed by atoms with Crippen molar-refractivity contribution in [2.75, 3.05) is 0 Å². The van der Waals surface area contributed by atoms with Crippen molar-refractivity contribution in [3.63, 3.8) is 0 Å². The molecular formula is C12H22O2PtS4. The molecule has 2 nitrogen and oxygen atoms in total. The maximum absolute atomic E-state index is 5.09. The van der Waals surface area contributed by atoms with Crippen LogP contribution < -0.4 is 0 Å². The Labute approximate surface area is 153 Å². The predicted molar refractivity (Wildman–Crippen MR) is 90.8 cm³/mol. The minimum atomic E-state index is 0. The number of ether oxygens (including phenoxy) is 2. The molecule has 0 amide bonds. The summed E-state index contributed by atoms with van der Waals surface area (Å²) in [6.45, 7) is 8.23. The number of hydrogen-bond acceptors (Lipinski definition) is 6. The molecule has 0 aromatic heterocycles. The fraction of sp³-hybridized carbons (Fsp3) is 0.833. The minimum Gasteiger partial charge on any atom is -0.510 e. The number of hydrogen-bond donors (Lipinski definition) is 0. The molecule has 0 fully saturated rings. The number of thiocarbonyl (C=S) groups is 2. The topological polar surface area (TPSA) is 18.5 Å². The zero-order chi connectivity index (χ0) is 14.6. The second-order valence-corrected chi connectivity index (χ2v) is 5.61. The molecule has 0 saturated heterocycles. The zero-order valence-corrected chi connectivity index (χ0v) is 17.3. The smallest absolute Gasteiger partial charge is 0.510 e. The molecule has 0 unspecified atom stereocenters. The zero-order valence-electron chi connectivity index (χ0n) is 11.7. The molecule has 0 heterocycles. The molecule has 0 aromatic carbocycles. The normalized spacial score (nSPS) is 9.16. The first kappa shape index (κ1) is 24.9. The van der Waals surface area contributed by atoms with E-state index in [4.69, 9.17) is 9.47 Å². The van der Waals surface area contributed by atoms with Crippen LogP contribution in [0.4, 0.5) is 0 Å². The Morgan fingerprint density at radius 1 is 0.789 bits per heavy atom. The van der Waals surface area contributed by atoms with Crippen molar-refractivity contribution >= 4 is 58.5 Å². The molecular weight excluding hydrogens is 499 g/mol. The Hall–Kier alpha value is 0.908. The summed E-state index contributed by atoms with van der Waals surface area (Å²) in [6.07, 6.45) is 4.38. The van der Waals surface area contributed by atoms with Gasteiger partial charge in [0, 0.05) is 8.77 Å². The molecule has 116 valence electrons. The summed E-state index contributed by atoms with van der Waals surface area (Å²) in [5.41, 5.74) is 0. The van der Waals surface area contributed by atoms with Crippen molar-refractivity contribution < 1.29 is 30.5 Å². The van der Waals surface area contributed by atoms with Crippen molar-refractivity contribution in [1.29, 1.82) is 0 Å². The Morgan fingerprint density at radius 3 is 1.05 bits per heavy atom. The molecule has 0 rings (SSSR count). The van der Waals surface area contributed by atoms with E-state index in [9.17, 15) is 0 Å². The van der Waals surface area contributed by atoms with Crippen molar-refractivity contribution in [2.45, 2.75) is 65.6 Å². The number of rotatable bonds is 6. The molecule has 0 aliphatic rings. The van der Waals surface area contributed by atoms with Crippen molar-refractivity contribution in [3.8, 4) is 0 Å². The first-order valence-corrected chi connectivity index (χ1v) is 7.79. The Morgan fingerprint density at radius 2 is 1.00 bits per heavy atom. The van der Waals surface area contributed by atoms with E-state index in [0.29, 0.717) is 0 Å². The Balaban J connectivity index is -0.000000256. The van der Waals surface area contributed by atoms with Gasteiger partial charge in [-0.25, -0.2) is 0 Å². The van der Waals surface area contributed by atoms with Gasteiger partial charge in [0.2, 0.25) is 0 Å². The maximum Gasteiger partial charge on any atom is 2.00 e. The summed E-state index contributed by atoms with van der Waals surface area (Å²) in [5.74, 6) is 0. The first-order valence-electron chi connectivity index (χ1n) is 6.16. The summed E-state index contributed by atoms with van der Waals surface area (Å²) in [5, 5.41) is 0. The summed E-state index contributed by atoms with van der Waals surface area (Å²) in [7, 11) is 0. The molecule has 0 saturated carbocycles. The molecule has 0 atom stereocenters. The summed E-state index contributed by atoms with van der Waals surface area (Å²) in [6, 6.07) is 0. The van der Waals surface area contributed by atoms with E-state index in [2.05, 4.69) is 77.4 Å². The largest absolute Gasteiger partial charge is 2.00 e. The standard InChI is InChI=1S/2C6H12OS2.Pt/c2*1-3-5(4-2)7-6(8)9;/h2*5H,3-4H2,1-2H3,(H,8,9);/q;;+2/p-2. The fourth-order valence-electron chi connectivity index (χ4n) is 1.18. The molecule has 0 aliphatic carbocycles. The third-order valence-electron chi connectivity index (χ3n) is 2.35. The molecule has 19 heavy (non-hydrogen) atoms. The van der Waals surface area contributed by atoms with Crippen LogP contribution in [-0.2, 0) is 55.8 Å². The average Bonchev–Trinajstić information content (AvgIpc) is 2.33. The molecule has 0 radical (unpaired) electrons. The van der Waals surface area contributed by atoms with Gasteiger partial charge in [-0.1, -0.05) is 27.7 Å².